The topological polar surface area (TPSA) is 93.0 Å². The fraction of sp³-hybridized carbons (Fsp3) is 0.333. The summed E-state index contributed by atoms with van der Waals surface area (Å²) in [4.78, 5) is 15.0. The minimum absolute atomic E-state index is 0.104. The van der Waals surface area contributed by atoms with Crippen molar-refractivity contribution >= 4 is 33.1 Å². The van der Waals surface area contributed by atoms with E-state index in [4.69, 9.17) is 9.26 Å². The van der Waals surface area contributed by atoms with E-state index in [-0.39, 0.29) is 23.0 Å². The number of para-hydroxylation sites is 1. The number of piperidine rings is 1. The average molecular weight is 460 g/mol. The number of cyclic esters (lactones) is 1. The minimum atomic E-state index is -3.61. The van der Waals surface area contributed by atoms with Crippen molar-refractivity contribution in [3.05, 3.63) is 53.7 Å². The van der Waals surface area contributed by atoms with Gasteiger partial charge in [0.25, 0.3) is 10.0 Å². The number of hydrogen-bond donors (Lipinski definition) is 0. The van der Waals surface area contributed by atoms with Crippen LogP contribution in [-0.2, 0) is 21.4 Å². The van der Waals surface area contributed by atoms with Gasteiger partial charge in [0.15, 0.2) is 5.76 Å². The molecule has 1 saturated heterocycles. The number of hydrogen-bond acceptors (Lipinski definition) is 7. The lowest BCUT2D eigenvalue weighted by Gasteiger charge is -2.40. The molecule has 0 N–H and O–H groups in total. The molecule has 0 radical (unpaired) electrons. The maximum atomic E-state index is 13.2. The second-order valence-corrected chi connectivity index (χ2v) is 10.9. The van der Waals surface area contributed by atoms with Gasteiger partial charge in [0.2, 0.25) is 0 Å². The van der Waals surface area contributed by atoms with Gasteiger partial charge >= 0.3 is 6.09 Å². The number of aromatic nitrogens is 1. The number of rotatable bonds is 4. The molecule has 1 amide bonds. The zero-order valence-corrected chi connectivity index (χ0v) is 18.5. The first-order valence-corrected chi connectivity index (χ1v) is 12.3. The highest BCUT2D eigenvalue weighted by Crippen LogP contribution is 2.36. The van der Waals surface area contributed by atoms with Crippen molar-refractivity contribution in [2.24, 2.45) is 0 Å². The molecule has 1 aromatic carbocycles. The molecule has 10 heteroatoms. The van der Waals surface area contributed by atoms with Crippen molar-refractivity contribution in [3.63, 3.8) is 0 Å². The van der Waals surface area contributed by atoms with E-state index >= 15 is 0 Å². The molecule has 8 nitrogen and oxygen atoms in total. The predicted molar refractivity (Wildman–Crippen MR) is 115 cm³/mol. The Morgan fingerprint density at radius 2 is 1.94 bits per heavy atom. The zero-order chi connectivity index (χ0) is 21.6. The highest BCUT2D eigenvalue weighted by atomic mass is 32.2. The smallest absolute Gasteiger partial charge is 0.414 e. The summed E-state index contributed by atoms with van der Waals surface area (Å²) in [7, 11) is -3.61. The quantitative estimate of drug-likeness (QED) is 0.585. The van der Waals surface area contributed by atoms with Crippen LogP contribution >= 0.6 is 11.3 Å². The van der Waals surface area contributed by atoms with Crippen molar-refractivity contribution in [1.29, 1.82) is 0 Å². The summed E-state index contributed by atoms with van der Waals surface area (Å²) in [6.45, 7) is 2.93. The molecular weight excluding hydrogens is 438 g/mol. The molecule has 1 fully saturated rings. The fourth-order valence-corrected chi connectivity index (χ4v) is 7.10. The first kappa shape index (κ1) is 20.2. The van der Waals surface area contributed by atoms with Crippen molar-refractivity contribution in [2.45, 2.75) is 36.6 Å². The Balaban J connectivity index is 1.34. The number of fused-ring (bicyclic) bond motifs is 1. The summed E-state index contributed by atoms with van der Waals surface area (Å²) in [5.74, 6) is 0.544. The second kappa shape index (κ2) is 7.77. The van der Waals surface area contributed by atoms with Crippen molar-refractivity contribution in [3.8, 4) is 10.6 Å². The summed E-state index contributed by atoms with van der Waals surface area (Å²) in [5.41, 5.74) is 2.89. The third-order valence-corrected chi connectivity index (χ3v) is 9.22. The predicted octanol–water partition coefficient (Wildman–Crippen LogP) is 4.02. The molecule has 5 rings (SSSR count). The van der Waals surface area contributed by atoms with Gasteiger partial charge in [-0.05, 0) is 37.5 Å². The van der Waals surface area contributed by atoms with E-state index in [0.717, 1.165) is 16.8 Å². The molecule has 0 unspecified atom stereocenters. The summed E-state index contributed by atoms with van der Waals surface area (Å²) in [6.07, 6.45) is 2.25. The summed E-state index contributed by atoms with van der Waals surface area (Å²) in [5, 5.41) is 3.67. The van der Waals surface area contributed by atoms with Crippen molar-refractivity contribution in [1.82, 2.24) is 9.46 Å². The second-order valence-electron chi connectivity index (χ2n) is 7.64. The number of aryl methyl sites for hydroxylation is 1. The van der Waals surface area contributed by atoms with E-state index in [1.54, 1.807) is 23.1 Å². The lowest BCUT2D eigenvalue weighted by Crippen LogP contribution is -2.50. The van der Waals surface area contributed by atoms with E-state index < -0.39 is 10.0 Å². The van der Waals surface area contributed by atoms with Crippen LogP contribution in [0.25, 0.3) is 10.6 Å². The standard InChI is InChI=1S/C21H21N3O5S2/c1-14-3-2-4-15-13-28-21(25)24(20(14)15)16-8-11-23(12-9-16)31(26,27)19-6-5-18(30-19)17-7-10-22-29-17/h2-7,10,16H,8-9,11-13H2,1H3. The average Bonchev–Trinajstić information content (AvgIpc) is 3.46. The Bertz CT molecular complexity index is 1210. The molecule has 2 aromatic heterocycles. The molecule has 162 valence electrons. The van der Waals surface area contributed by atoms with Crippen LogP contribution in [0.4, 0.5) is 10.5 Å². The highest BCUT2D eigenvalue weighted by molar-refractivity contribution is 7.91. The SMILES string of the molecule is Cc1cccc2c1N(C1CCN(S(=O)(=O)c3ccc(-c4ccno4)s3)CC1)C(=O)OC2. The number of carbonyl (C=O) groups is 1. The van der Waals surface area contributed by atoms with Crippen LogP contribution < -0.4 is 4.90 Å². The molecule has 0 spiro atoms. The van der Waals surface area contributed by atoms with Gasteiger partial charge in [0.05, 0.1) is 16.8 Å². The monoisotopic (exact) mass is 459 g/mol. The zero-order valence-electron chi connectivity index (χ0n) is 16.9. The maximum absolute atomic E-state index is 13.2. The van der Waals surface area contributed by atoms with Gasteiger partial charge in [-0.15, -0.1) is 11.3 Å². The molecule has 3 aromatic rings. The number of carbonyl (C=O) groups excluding carboxylic acids is 1. The van der Waals surface area contributed by atoms with E-state index in [2.05, 4.69) is 5.16 Å². The fourth-order valence-electron chi connectivity index (χ4n) is 4.21. The number of nitrogens with zero attached hydrogens (tertiary/aromatic N) is 3. The first-order valence-electron chi connectivity index (χ1n) is 10.0. The van der Waals surface area contributed by atoms with Gasteiger partial charge in [0.1, 0.15) is 10.8 Å². The molecule has 0 bridgehead atoms. The van der Waals surface area contributed by atoms with E-state index in [9.17, 15) is 13.2 Å². The van der Waals surface area contributed by atoms with Crippen LogP contribution in [-0.4, -0.2) is 43.1 Å². The van der Waals surface area contributed by atoms with Gasteiger partial charge in [-0.3, -0.25) is 4.90 Å². The number of ether oxygens (including phenoxy) is 1. The Morgan fingerprint density at radius 3 is 2.68 bits per heavy atom. The van der Waals surface area contributed by atoms with E-state index in [1.165, 1.54) is 21.8 Å². The van der Waals surface area contributed by atoms with E-state index in [0.29, 0.717) is 36.6 Å². The Morgan fingerprint density at radius 1 is 1.13 bits per heavy atom. The number of benzene rings is 1. The molecule has 0 saturated carbocycles. The van der Waals surface area contributed by atoms with Crippen LogP contribution in [0.2, 0.25) is 0 Å². The van der Waals surface area contributed by atoms with Gasteiger partial charge in [-0.25, -0.2) is 13.2 Å². The molecule has 0 aliphatic carbocycles. The van der Waals surface area contributed by atoms with Gasteiger partial charge in [-0.2, -0.15) is 4.31 Å². The lowest BCUT2D eigenvalue weighted by molar-refractivity contribution is 0.135. The van der Waals surface area contributed by atoms with Crippen LogP contribution in [0, 0.1) is 6.92 Å². The van der Waals surface area contributed by atoms with Crippen LogP contribution in [0.3, 0.4) is 0 Å². The molecule has 4 heterocycles. The first-order chi connectivity index (χ1) is 14.9. The van der Waals surface area contributed by atoms with Gasteiger partial charge in [0, 0.05) is 30.8 Å². The number of anilines is 1. The number of amides is 1. The number of sulfonamides is 1. The number of thiophene rings is 1. The minimum Gasteiger partial charge on any atom is -0.444 e. The summed E-state index contributed by atoms with van der Waals surface area (Å²) >= 11 is 1.17. The molecule has 2 aliphatic rings. The Kier molecular flexibility index (Phi) is 5.07. The van der Waals surface area contributed by atoms with Crippen molar-refractivity contribution < 1.29 is 22.5 Å². The maximum Gasteiger partial charge on any atom is 0.414 e. The molecular formula is C21H21N3O5S2. The third-order valence-electron chi connectivity index (χ3n) is 5.75. The third kappa shape index (κ3) is 3.54. The summed E-state index contributed by atoms with van der Waals surface area (Å²) in [6, 6.07) is 10.8. The van der Waals surface area contributed by atoms with Gasteiger partial charge < -0.3 is 9.26 Å². The lowest BCUT2D eigenvalue weighted by atomic mass is 10.00. The molecule has 31 heavy (non-hydrogen) atoms. The molecule has 2 aliphatic heterocycles. The van der Waals surface area contributed by atoms with Crippen LogP contribution in [0.15, 0.2) is 51.3 Å². The van der Waals surface area contributed by atoms with Crippen molar-refractivity contribution in [2.75, 3.05) is 18.0 Å². The van der Waals surface area contributed by atoms with E-state index in [1.807, 2.05) is 25.1 Å². The van der Waals surface area contributed by atoms with Crippen LogP contribution in [0.1, 0.15) is 24.0 Å². The molecule has 0 atom stereocenters. The van der Waals surface area contributed by atoms with Crippen LogP contribution in [0.5, 0.6) is 0 Å². The highest BCUT2D eigenvalue weighted by Gasteiger charge is 2.38. The largest absolute Gasteiger partial charge is 0.444 e. The normalized spacial score (nSPS) is 18.1. The summed E-state index contributed by atoms with van der Waals surface area (Å²) < 4.78 is 38.6. The Hall–Kier alpha value is -2.69. The Labute approximate surface area is 184 Å². The van der Waals surface area contributed by atoms with Gasteiger partial charge in [-0.1, -0.05) is 23.4 Å².